The summed E-state index contributed by atoms with van der Waals surface area (Å²) < 4.78 is 3.06. The molecular formula is C27H25BrN3O2+. The van der Waals surface area contributed by atoms with Crippen LogP contribution in [0.5, 0.6) is 11.5 Å². The van der Waals surface area contributed by atoms with Gasteiger partial charge in [-0.1, -0.05) is 15.9 Å². The molecule has 0 radical (unpaired) electrons. The quantitative estimate of drug-likeness (QED) is 0.170. The van der Waals surface area contributed by atoms with Crippen molar-refractivity contribution in [3.8, 4) is 11.5 Å². The first-order chi connectivity index (χ1) is 15.9. The molecule has 3 N–H and O–H groups in total. The molecule has 33 heavy (non-hydrogen) atoms. The number of rotatable bonds is 5. The lowest BCUT2D eigenvalue weighted by Gasteiger charge is -2.16. The first kappa shape index (κ1) is 22.4. The van der Waals surface area contributed by atoms with Crippen LogP contribution in [0.2, 0.25) is 0 Å². The highest BCUT2D eigenvalue weighted by atomic mass is 79.9. The Bertz CT molecular complexity index is 1200. The number of phenols is 2. The summed E-state index contributed by atoms with van der Waals surface area (Å²) in [5.74, 6) is 1.23. The standard InChI is InChI=1S/C27H24BrN3O2/c1-30(2)22-9-3-19(4-10-22)27(29-21-7-5-20(28)6-8-21)31(23-11-15-25(32)16-12-23)24-13-17-26(33)18-14-24/h3-18,32-33H,1-2H3/p+1. The number of anilines is 2. The number of halogens is 1. The molecule has 0 amide bonds. The summed E-state index contributed by atoms with van der Waals surface area (Å²) in [6, 6.07) is 30.4. The molecule has 0 aromatic heterocycles. The molecule has 0 heterocycles. The van der Waals surface area contributed by atoms with Crippen molar-refractivity contribution in [2.75, 3.05) is 24.3 Å². The number of hydrogen-bond donors (Lipinski definition) is 3. The predicted molar refractivity (Wildman–Crippen MR) is 140 cm³/mol. The van der Waals surface area contributed by atoms with Crippen LogP contribution in [-0.4, -0.2) is 30.1 Å². The second-order valence-corrected chi connectivity index (χ2v) is 8.71. The molecule has 0 aliphatic rings. The minimum atomic E-state index is 0.196. The molecule has 0 saturated heterocycles. The average Bonchev–Trinajstić information content (AvgIpc) is 2.82. The van der Waals surface area contributed by atoms with Crippen LogP contribution in [0, 0.1) is 0 Å². The summed E-state index contributed by atoms with van der Waals surface area (Å²) in [5.41, 5.74) is 4.71. The summed E-state index contributed by atoms with van der Waals surface area (Å²) >= 11 is 3.50. The van der Waals surface area contributed by atoms with Crippen LogP contribution >= 0.6 is 15.9 Å². The second-order valence-electron chi connectivity index (χ2n) is 7.79. The lowest BCUT2D eigenvalue weighted by molar-refractivity contribution is 0.475. The number of benzene rings is 4. The summed E-state index contributed by atoms with van der Waals surface area (Å²) in [4.78, 5) is 2.06. The minimum absolute atomic E-state index is 0.196. The normalized spacial score (nSPS) is 10.5. The van der Waals surface area contributed by atoms with Gasteiger partial charge in [0.25, 0.3) is 5.84 Å². The van der Waals surface area contributed by atoms with Gasteiger partial charge in [0, 0.05) is 24.3 Å². The molecule has 4 rings (SSSR count). The first-order valence-corrected chi connectivity index (χ1v) is 11.3. The largest absolute Gasteiger partial charge is 0.508 e. The van der Waals surface area contributed by atoms with E-state index in [4.69, 9.17) is 0 Å². The van der Waals surface area contributed by atoms with Crippen molar-refractivity contribution < 1.29 is 10.2 Å². The molecule has 0 unspecified atom stereocenters. The Morgan fingerprint density at radius 2 is 1.18 bits per heavy atom. The third-order valence-electron chi connectivity index (χ3n) is 5.20. The summed E-state index contributed by atoms with van der Waals surface area (Å²) in [7, 11) is 4.03. The van der Waals surface area contributed by atoms with Crippen molar-refractivity contribution in [3.63, 3.8) is 0 Å². The van der Waals surface area contributed by atoms with E-state index >= 15 is 0 Å². The van der Waals surface area contributed by atoms with Crippen molar-refractivity contribution in [3.05, 3.63) is 107 Å². The highest BCUT2D eigenvalue weighted by molar-refractivity contribution is 9.10. The smallest absolute Gasteiger partial charge is 0.292 e. The monoisotopic (exact) mass is 502 g/mol. The van der Waals surface area contributed by atoms with Gasteiger partial charge in [-0.05, 0) is 97.1 Å². The van der Waals surface area contributed by atoms with Crippen LogP contribution in [-0.2, 0) is 0 Å². The molecule has 166 valence electrons. The van der Waals surface area contributed by atoms with Gasteiger partial charge in [0.2, 0.25) is 0 Å². The highest BCUT2D eigenvalue weighted by Crippen LogP contribution is 2.27. The zero-order valence-electron chi connectivity index (χ0n) is 18.4. The first-order valence-electron chi connectivity index (χ1n) is 10.5. The van der Waals surface area contributed by atoms with Gasteiger partial charge in [-0.25, -0.2) is 5.32 Å². The lowest BCUT2D eigenvalue weighted by Crippen LogP contribution is -2.26. The van der Waals surface area contributed by atoms with Crippen molar-refractivity contribution in [2.45, 2.75) is 0 Å². The average molecular weight is 503 g/mol. The molecule has 0 bridgehead atoms. The molecule has 4 aromatic rings. The molecular weight excluding hydrogens is 478 g/mol. The fourth-order valence-corrected chi connectivity index (χ4v) is 3.72. The third-order valence-corrected chi connectivity index (χ3v) is 5.73. The molecule has 0 aliphatic heterocycles. The summed E-state index contributed by atoms with van der Waals surface area (Å²) in [5, 5.41) is 23.3. The number of amidine groups is 1. The summed E-state index contributed by atoms with van der Waals surface area (Å²) in [6.45, 7) is 0. The number of nitrogens with zero attached hydrogens (tertiary/aromatic N) is 2. The third kappa shape index (κ3) is 5.35. The number of aromatic hydroxyl groups is 2. The Balaban J connectivity index is 1.96. The Morgan fingerprint density at radius 3 is 1.64 bits per heavy atom. The maximum atomic E-state index is 9.86. The zero-order chi connectivity index (χ0) is 23.4. The van der Waals surface area contributed by atoms with Crippen molar-refractivity contribution in [1.29, 1.82) is 0 Å². The van der Waals surface area contributed by atoms with Gasteiger partial charge < -0.3 is 15.1 Å². The van der Waals surface area contributed by atoms with Crippen molar-refractivity contribution >= 4 is 44.5 Å². The van der Waals surface area contributed by atoms with E-state index in [1.165, 1.54) is 0 Å². The van der Waals surface area contributed by atoms with Crippen LogP contribution in [0.25, 0.3) is 0 Å². The van der Waals surface area contributed by atoms with Crippen LogP contribution < -0.4 is 14.8 Å². The highest BCUT2D eigenvalue weighted by Gasteiger charge is 2.22. The van der Waals surface area contributed by atoms with Crippen LogP contribution in [0.4, 0.5) is 22.7 Å². The van der Waals surface area contributed by atoms with E-state index in [9.17, 15) is 10.2 Å². The van der Waals surface area contributed by atoms with E-state index in [0.717, 1.165) is 38.6 Å². The fourth-order valence-electron chi connectivity index (χ4n) is 3.46. The van der Waals surface area contributed by atoms with Crippen LogP contribution in [0.15, 0.2) is 102 Å². The maximum absolute atomic E-state index is 9.86. The minimum Gasteiger partial charge on any atom is -0.508 e. The van der Waals surface area contributed by atoms with E-state index in [2.05, 4.69) is 55.0 Å². The molecule has 5 nitrogen and oxygen atoms in total. The number of phenolic OH excluding ortho intramolecular Hbond substituents is 2. The van der Waals surface area contributed by atoms with Crippen LogP contribution in [0.3, 0.4) is 0 Å². The molecule has 0 spiro atoms. The Labute approximate surface area is 202 Å². The van der Waals surface area contributed by atoms with Gasteiger partial charge in [0.05, 0.1) is 5.56 Å². The van der Waals surface area contributed by atoms with Gasteiger partial charge in [0.1, 0.15) is 28.6 Å². The molecule has 6 heteroatoms. The Morgan fingerprint density at radius 1 is 0.697 bits per heavy atom. The Hall–Kier alpha value is -3.77. The predicted octanol–water partition coefficient (Wildman–Crippen LogP) is 6.32. The second kappa shape index (κ2) is 9.79. The number of hydrogen-bond acceptors (Lipinski definition) is 3. The lowest BCUT2D eigenvalue weighted by atomic mass is 10.1. The van der Waals surface area contributed by atoms with Crippen LogP contribution in [0.1, 0.15) is 5.56 Å². The van der Waals surface area contributed by atoms with Gasteiger partial charge in [0.15, 0.2) is 0 Å². The van der Waals surface area contributed by atoms with E-state index < -0.39 is 0 Å². The molecule has 0 saturated carbocycles. The van der Waals surface area contributed by atoms with Gasteiger partial charge in [-0.15, -0.1) is 0 Å². The van der Waals surface area contributed by atoms with Crippen molar-refractivity contribution in [1.82, 2.24) is 4.58 Å². The SMILES string of the molecule is CN(C)c1ccc(C(Nc2ccc(Br)cc2)=[N+](c2ccc(O)cc2)c2ccc(O)cc2)cc1. The van der Waals surface area contributed by atoms with E-state index in [1.807, 2.05) is 62.6 Å². The fraction of sp³-hybridized carbons (Fsp3) is 0.0741. The molecule has 0 fully saturated rings. The Kier molecular flexibility index (Phi) is 6.66. The van der Waals surface area contributed by atoms with E-state index in [1.54, 1.807) is 24.3 Å². The van der Waals surface area contributed by atoms with Gasteiger partial charge in [-0.2, -0.15) is 4.58 Å². The van der Waals surface area contributed by atoms with Crippen molar-refractivity contribution in [2.24, 2.45) is 0 Å². The van der Waals surface area contributed by atoms with Gasteiger partial charge in [-0.3, -0.25) is 0 Å². The van der Waals surface area contributed by atoms with E-state index in [-0.39, 0.29) is 11.5 Å². The van der Waals surface area contributed by atoms with Gasteiger partial charge >= 0.3 is 0 Å². The molecule has 0 atom stereocenters. The maximum Gasteiger partial charge on any atom is 0.292 e. The number of nitrogens with one attached hydrogen (secondary N) is 1. The molecule has 4 aromatic carbocycles. The van der Waals surface area contributed by atoms with E-state index in [0.29, 0.717) is 0 Å². The molecule has 0 aliphatic carbocycles. The summed E-state index contributed by atoms with van der Waals surface area (Å²) in [6.07, 6.45) is 0. The topological polar surface area (TPSA) is 58.7 Å². The zero-order valence-corrected chi connectivity index (χ0v) is 20.0.